The quantitative estimate of drug-likeness (QED) is 0.726. The Morgan fingerprint density at radius 3 is 2.46 bits per heavy atom. The lowest BCUT2D eigenvalue weighted by Gasteiger charge is -2.12. The third-order valence-electron chi connectivity index (χ3n) is 3.28. The highest BCUT2D eigenvalue weighted by molar-refractivity contribution is 5.90. The standard InChI is InChI=1S/C19H19NO4/c1-3-22-17-10-9-14(11-18(17)23-4-2)19(21)24-13-16-8-6-5-7-15(16)12-20/h5-11H,3-4,13H2,1-2H3. The first-order chi connectivity index (χ1) is 11.7. The number of esters is 1. The lowest BCUT2D eigenvalue weighted by molar-refractivity contribution is 0.0472. The number of rotatable bonds is 7. The van der Waals surface area contributed by atoms with Crippen molar-refractivity contribution in [3.8, 4) is 17.6 Å². The first-order valence-electron chi connectivity index (χ1n) is 7.74. The lowest BCUT2D eigenvalue weighted by atomic mass is 10.1. The van der Waals surface area contributed by atoms with E-state index in [1.165, 1.54) is 0 Å². The second-order valence-corrected chi connectivity index (χ2v) is 4.87. The van der Waals surface area contributed by atoms with Crippen molar-refractivity contribution in [1.82, 2.24) is 0 Å². The molecule has 0 amide bonds. The number of carbonyl (C=O) groups excluding carboxylic acids is 1. The summed E-state index contributed by atoms with van der Waals surface area (Å²) in [4.78, 5) is 12.2. The number of hydrogen-bond donors (Lipinski definition) is 0. The van der Waals surface area contributed by atoms with Gasteiger partial charge in [0.05, 0.1) is 30.4 Å². The summed E-state index contributed by atoms with van der Waals surface area (Å²) in [7, 11) is 0. The van der Waals surface area contributed by atoms with Crippen molar-refractivity contribution in [2.75, 3.05) is 13.2 Å². The number of nitrogens with zero attached hydrogens (tertiary/aromatic N) is 1. The molecule has 24 heavy (non-hydrogen) atoms. The monoisotopic (exact) mass is 325 g/mol. The molecule has 5 nitrogen and oxygen atoms in total. The predicted octanol–water partition coefficient (Wildman–Crippen LogP) is 3.71. The van der Waals surface area contributed by atoms with Gasteiger partial charge in [-0.1, -0.05) is 18.2 Å². The van der Waals surface area contributed by atoms with Crippen LogP contribution in [0.3, 0.4) is 0 Å². The van der Waals surface area contributed by atoms with Gasteiger partial charge in [0, 0.05) is 5.56 Å². The van der Waals surface area contributed by atoms with Gasteiger partial charge in [0.15, 0.2) is 11.5 Å². The van der Waals surface area contributed by atoms with Crippen LogP contribution in [0.25, 0.3) is 0 Å². The predicted molar refractivity (Wildman–Crippen MR) is 89.1 cm³/mol. The van der Waals surface area contributed by atoms with E-state index in [0.29, 0.717) is 41.4 Å². The summed E-state index contributed by atoms with van der Waals surface area (Å²) in [5, 5.41) is 9.06. The zero-order valence-electron chi connectivity index (χ0n) is 13.7. The maximum Gasteiger partial charge on any atom is 0.338 e. The van der Waals surface area contributed by atoms with Crippen molar-refractivity contribution >= 4 is 5.97 Å². The van der Waals surface area contributed by atoms with Gasteiger partial charge in [-0.15, -0.1) is 0 Å². The van der Waals surface area contributed by atoms with Crippen LogP contribution < -0.4 is 9.47 Å². The molecule has 0 aliphatic heterocycles. The van der Waals surface area contributed by atoms with Gasteiger partial charge in [-0.2, -0.15) is 5.26 Å². The summed E-state index contributed by atoms with van der Waals surface area (Å²) in [6, 6.07) is 14.0. The fourth-order valence-corrected chi connectivity index (χ4v) is 2.16. The molecule has 2 rings (SSSR count). The Morgan fingerprint density at radius 1 is 1.04 bits per heavy atom. The van der Waals surface area contributed by atoms with Gasteiger partial charge >= 0.3 is 5.97 Å². The molecular formula is C19H19NO4. The normalized spacial score (nSPS) is 9.88. The van der Waals surface area contributed by atoms with Gasteiger partial charge in [-0.25, -0.2) is 4.79 Å². The number of benzene rings is 2. The van der Waals surface area contributed by atoms with Crippen LogP contribution in [0.1, 0.15) is 35.3 Å². The minimum absolute atomic E-state index is 0.0414. The first-order valence-corrected chi connectivity index (χ1v) is 7.74. The minimum atomic E-state index is -0.480. The molecule has 0 fully saturated rings. The molecular weight excluding hydrogens is 306 g/mol. The third-order valence-corrected chi connectivity index (χ3v) is 3.28. The summed E-state index contributed by atoms with van der Waals surface area (Å²) in [6.45, 7) is 4.76. The second kappa shape index (κ2) is 8.59. The average Bonchev–Trinajstić information content (AvgIpc) is 2.61. The molecule has 0 aromatic heterocycles. The third kappa shape index (κ3) is 4.26. The van der Waals surface area contributed by atoms with E-state index >= 15 is 0 Å². The van der Waals surface area contributed by atoms with E-state index in [-0.39, 0.29) is 6.61 Å². The molecule has 0 atom stereocenters. The fraction of sp³-hybridized carbons (Fsp3) is 0.263. The largest absolute Gasteiger partial charge is 0.490 e. The van der Waals surface area contributed by atoms with Crippen LogP contribution in [-0.2, 0) is 11.3 Å². The Bertz CT molecular complexity index is 749. The molecule has 0 saturated carbocycles. The van der Waals surface area contributed by atoms with Crippen molar-refractivity contribution in [2.45, 2.75) is 20.5 Å². The highest BCUT2D eigenvalue weighted by Crippen LogP contribution is 2.29. The summed E-state index contributed by atoms with van der Waals surface area (Å²) >= 11 is 0. The molecule has 0 aliphatic carbocycles. The van der Waals surface area contributed by atoms with Gasteiger partial charge in [-0.3, -0.25) is 0 Å². The molecule has 5 heteroatoms. The van der Waals surface area contributed by atoms with E-state index < -0.39 is 5.97 Å². The fourth-order valence-electron chi connectivity index (χ4n) is 2.16. The molecule has 0 radical (unpaired) electrons. The molecule has 124 valence electrons. The molecule has 0 heterocycles. The number of ether oxygens (including phenoxy) is 3. The zero-order valence-corrected chi connectivity index (χ0v) is 13.7. The lowest BCUT2D eigenvalue weighted by Crippen LogP contribution is -2.07. The summed E-state index contributed by atoms with van der Waals surface area (Å²) in [5.74, 6) is 0.615. The van der Waals surface area contributed by atoms with Gasteiger partial charge in [0.25, 0.3) is 0 Å². The van der Waals surface area contributed by atoms with Crippen LogP contribution in [-0.4, -0.2) is 19.2 Å². The Kier molecular flexibility index (Phi) is 6.21. The summed E-state index contributed by atoms with van der Waals surface area (Å²) in [5.41, 5.74) is 1.53. The Balaban J connectivity index is 2.12. The maximum absolute atomic E-state index is 12.2. The topological polar surface area (TPSA) is 68.5 Å². The Labute approximate surface area is 141 Å². The minimum Gasteiger partial charge on any atom is -0.490 e. The van der Waals surface area contributed by atoms with Crippen molar-refractivity contribution in [1.29, 1.82) is 5.26 Å². The molecule has 2 aromatic carbocycles. The second-order valence-electron chi connectivity index (χ2n) is 4.87. The number of nitriles is 1. The van der Waals surface area contributed by atoms with Crippen LogP contribution in [0.5, 0.6) is 11.5 Å². The van der Waals surface area contributed by atoms with E-state index in [4.69, 9.17) is 19.5 Å². The maximum atomic E-state index is 12.2. The first kappa shape index (κ1) is 17.4. The van der Waals surface area contributed by atoms with E-state index in [1.54, 1.807) is 42.5 Å². The molecule has 2 aromatic rings. The van der Waals surface area contributed by atoms with Crippen LogP contribution in [0, 0.1) is 11.3 Å². The van der Waals surface area contributed by atoms with Gasteiger partial charge in [-0.05, 0) is 38.1 Å². The van der Waals surface area contributed by atoms with Crippen molar-refractivity contribution < 1.29 is 19.0 Å². The summed E-state index contributed by atoms with van der Waals surface area (Å²) in [6.07, 6.45) is 0. The van der Waals surface area contributed by atoms with E-state index in [9.17, 15) is 4.79 Å². The van der Waals surface area contributed by atoms with Crippen LogP contribution in [0.15, 0.2) is 42.5 Å². The molecule has 0 saturated heterocycles. The average molecular weight is 325 g/mol. The molecule has 0 aliphatic rings. The van der Waals surface area contributed by atoms with Crippen molar-refractivity contribution in [2.24, 2.45) is 0 Å². The number of hydrogen-bond acceptors (Lipinski definition) is 5. The molecule has 0 N–H and O–H groups in total. The zero-order chi connectivity index (χ0) is 17.4. The molecule has 0 bridgehead atoms. The number of carbonyl (C=O) groups is 1. The SMILES string of the molecule is CCOc1ccc(C(=O)OCc2ccccc2C#N)cc1OCC. The van der Waals surface area contributed by atoms with Crippen molar-refractivity contribution in [3.63, 3.8) is 0 Å². The van der Waals surface area contributed by atoms with E-state index in [0.717, 1.165) is 0 Å². The Hall–Kier alpha value is -3.00. The summed E-state index contributed by atoms with van der Waals surface area (Å²) < 4.78 is 16.3. The van der Waals surface area contributed by atoms with Gasteiger partial charge in [0.1, 0.15) is 6.61 Å². The van der Waals surface area contributed by atoms with Crippen LogP contribution in [0.2, 0.25) is 0 Å². The van der Waals surface area contributed by atoms with Gasteiger partial charge < -0.3 is 14.2 Å². The highest BCUT2D eigenvalue weighted by atomic mass is 16.5. The van der Waals surface area contributed by atoms with Crippen LogP contribution >= 0.6 is 0 Å². The van der Waals surface area contributed by atoms with E-state index in [1.807, 2.05) is 13.8 Å². The highest BCUT2D eigenvalue weighted by Gasteiger charge is 2.13. The van der Waals surface area contributed by atoms with Gasteiger partial charge in [0.2, 0.25) is 0 Å². The molecule has 0 unspecified atom stereocenters. The van der Waals surface area contributed by atoms with Crippen LogP contribution in [0.4, 0.5) is 0 Å². The smallest absolute Gasteiger partial charge is 0.338 e. The van der Waals surface area contributed by atoms with E-state index in [2.05, 4.69) is 6.07 Å². The molecule has 0 spiro atoms. The Morgan fingerprint density at radius 2 is 1.75 bits per heavy atom. The van der Waals surface area contributed by atoms with Crippen molar-refractivity contribution in [3.05, 3.63) is 59.2 Å².